The zero-order chi connectivity index (χ0) is 19.2. The van der Waals surface area contributed by atoms with Gasteiger partial charge in [0.25, 0.3) is 0 Å². The van der Waals surface area contributed by atoms with Crippen LogP contribution in [-0.4, -0.2) is 16.4 Å². The molecule has 1 atom stereocenters. The maximum atomic E-state index is 6.75. The van der Waals surface area contributed by atoms with E-state index in [-0.39, 0.29) is 0 Å². The van der Waals surface area contributed by atoms with E-state index in [0.29, 0.717) is 0 Å². The second-order valence-corrected chi connectivity index (χ2v) is 18.1. The zero-order valence-electron chi connectivity index (χ0n) is 17.2. The molecule has 1 nitrogen and oxygen atoms in total. The molecular weight excluding hydrogens is 360 g/mol. The Morgan fingerprint density at radius 1 is 0.852 bits per heavy atom. The molecule has 0 amide bonds. The lowest BCUT2D eigenvalue weighted by molar-refractivity contribution is 0.514. The third-order valence-corrected chi connectivity index (χ3v) is 11.9. The van der Waals surface area contributed by atoms with E-state index < -0.39 is 16.4 Å². The topological polar surface area (TPSA) is 9.23 Å². The van der Waals surface area contributed by atoms with Crippen molar-refractivity contribution in [3.05, 3.63) is 81.2 Å². The molecule has 1 unspecified atom stereocenters. The van der Waals surface area contributed by atoms with Crippen molar-refractivity contribution in [2.45, 2.75) is 52.0 Å². The largest absolute Gasteiger partial charge is 0.544 e. The summed E-state index contributed by atoms with van der Waals surface area (Å²) in [5.74, 6) is 1.23. The third-order valence-electron chi connectivity index (χ3n) is 6.16. The van der Waals surface area contributed by atoms with Gasteiger partial charge in [0.2, 0.25) is 8.32 Å². The molecule has 0 aromatic heterocycles. The average Bonchev–Trinajstić information content (AvgIpc) is 3.22. The Kier molecular flexibility index (Phi) is 4.55. The molecule has 0 bridgehead atoms. The van der Waals surface area contributed by atoms with Gasteiger partial charge in [-0.25, -0.2) is 0 Å². The Labute approximate surface area is 165 Å². The Balaban J connectivity index is 1.82. The van der Waals surface area contributed by atoms with Crippen LogP contribution in [0.4, 0.5) is 0 Å². The lowest BCUT2D eigenvalue weighted by Gasteiger charge is -2.32. The molecule has 0 N–H and O–H groups in total. The number of rotatable bonds is 5. The van der Waals surface area contributed by atoms with E-state index in [9.17, 15) is 0 Å². The molecule has 0 fully saturated rings. The van der Waals surface area contributed by atoms with Gasteiger partial charge in [-0.15, -0.1) is 0 Å². The molecule has 27 heavy (non-hydrogen) atoms. The highest BCUT2D eigenvalue weighted by Crippen LogP contribution is 2.45. The monoisotopic (exact) mass is 390 g/mol. The lowest BCUT2D eigenvalue weighted by atomic mass is 10.1. The van der Waals surface area contributed by atoms with Crippen LogP contribution in [0.15, 0.2) is 58.9 Å². The smallest absolute Gasteiger partial charge is 0.242 e. The van der Waals surface area contributed by atoms with Crippen molar-refractivity contribution >= 4 is 28.2 Å². The van der Waals surface area contributed by atoms with E-state index >= 15 is 0 Å². The first-order valence-corrected chi connectivity index (χ1v) is 16.2. The number of hydrogen-bond acceptors (Lipinski definition) is 1. The van der Waals surface area contributed by atoms with Crippen LogP contribution in [0.1, 0.15) is 29.2 Å². The molecule has 4 rings (SSSR count). The van der Waals surface area contributed by atoms with Crippen molar-refractivity contribution in [1.82, 2.24) is 0 Å². The number of allylic oxidation sites excluding steroid dienone is 2. The molecule has 2 aliphatic rings. The van der Waals surface area contributed by atoms with Crippen LogP contribution in [-0.2, 0) is 17.3 Å². The molecule has 0 heterocycles. The van der Waals surface area contributed by atoms with Gasteiger partial charge in [-0.1, -0.05) is 79.3 Å². The summed E-state index contributed by atoms with van der Waals surface area (Å²) in [5.41, 5.74) is 5.70. The molecule has 0 saturated heterocycles. The fourth-order valence-corrected chi connectivity index (χ4v) is 9.00. The standard InChI is InChI=1S/C24H30OSi2/c1-6-27(5,21-15-18-11-7-8-12-19(18)16-21)23-17-20-13-9-10-14-22(20)24(23)25-26(2,3)4/h7-15H,6,16-17H2,1-5H3. The van der Waals surface area contributed by atoms with E-state index in [1.54, 1.807) is 10.4 Å². The van der Waals surface area contributed by atoms with Crippen LogP contribution in [0.25, 0.3) is 11.8 Å². The maximum Gasteiger partial charge on any atom is 0.242 e. The summed E-state index contributed by atoms with van der Waals surface area (Å²) in [6.45, 7) is 11.9. The second-order valence-electron chi connectivity index (χ2n) is 9.09. The summed E-state index contributed by atoms with van der Waals surface area (Å²) in [4.78, 5) is 0. The van der Waals surface area contributed by atoms with Crippen molar-refractivity contribution in [1.29, 1.82) is 0 Å². The highest BCUT2D eigenvalue weighted by molar-refractivity contribution is 6.93. The molecule has 2 aliphatic carbocycles. The molecule has 3 heteroatoms. The van der Waals surface area contributed by atoms with Gasteiger partial charge in [-0.05, 0) is 54.4 Å². The van der Waals surface area contributed by atoms with Gasteiger partial charge in [0.15, 0.2) is 0 Å². The summed E-state index contributed by atoms with van der Waals surface area (Å²) < 4.78 is 6.75. The van der Waals surface area contributed by atoms with Crippen molar-refractivity contribution in [3.8, 4) is 0 Å². The van der Waals surface area contributed by atoms with E-state index in [2.05, 4.69) is 87.7 Å². The van der Waals surface area contributed by atoms with Gasteiger partial charge >= 0.3 is 0 Å². The summed E-state index contributed by atoms with van der Waals surface area (Å²) in [6, 6.07) is 19.0. The predicted molar refractivity (Wildman–Crippen MR) is 122 cm³/mol. The quantitative estimate of drug-likeness (QED) is 0.521. The van der Waals surface area contributed by atoms with Gasteiger partial charge in [0.05, 0.1) is 0 Å². The van der Waals surface area contributed by atoms with Gasteiger partial charge in [0.1, 0.15) is 13.8 Å². The van der Waals surface area contributed by atoms with Crippen molar-refractivity contribution in [3.63, 3.8) is 0 Å². The minimum absolute atomic E-state index is 1.07. The Morgan fingerprint density at radius 3 is 2.19 bits per heavy atom. The predicted octanol–water partition coefficient (Wildman–Crippen LogP) is 6.62. The molecule has 0 aliphatic heterocycles. The number of fused-ring (bicyclic) bond motifs is 2. The van der Waals surface area contributed by atoms with Crippen LogP contribution in [0.5, 0.6) is 0 Å². The molecule has 0 radical (unpaired) electrons. The molecule has 2 aromatic carbocycles. The first kappa shape index (κ1) is 18.5. The molecular formula is C24H30OSi2. The normalized spacial score (nSPS) is 18.0. The fraction of sp³-hybridized carbons (Fsp3) is 0.333. The van der Waals surface area contributed by atoms with Gasteiger partial charge in [0, 0.05) is 5.56 Å². The maximum absolute atomic E-state index is 6.75. The van der Waals surface area contributed by atoms with E-state index in [1.807, 2.05) is 0 Å². The SMILES string of the molecule is CC[Si](C)(C1=Cc2ccccc2C1)C1=C(O[Si](C)(C)C)c2ccccc2C1. The third kappa shape index (κ3) is 3.28. The first-order valence-electron chi connectivity index (χ1n) is 10.1. The van der Waals surface area contributed by atoms with Crippen LogP contribution >= 0.6 is 0 Å². The van der Waals surface area contributed by atoms with E-state index in [4.69, 9.17) is 4.43 Å². The number of hydrogen-bond donors (Lipinski definition) is 0. The van der Waals surface area contributed by atoms with Gasteiger partial charge < -0.3 is 4.43 Å². The zero-order valence-corrected chi connectivity index (χ0v) is 19.2. The molecule has 2 aromatic rings. The van der Waals surface area contributed by atoms with Gasteiger partial charge in [-0.3, -0.25) is 0 Å². The van der Waals surface area contributed by atoms with Gasteiger partial charge in [-0.2, -0.15) is 0 Å². The number of benzene rings is 2. The van der Waals surface area contributed by atoms with Crippen LogP contribution in [0.3, 0.4) is 0 Å². The highest BCUT2D eigenvalue weighted by Gasteiger charge is 2.42. The fourth-order valence-electron chi connectivity index (χ4n) is 4.47. The molecule has 0 saturated carbocycles. The Hall–Kier alpha value is -1.85. The van der Waals surface area contributed by atoms with Crippen LogP contribution in [0.2, 0.25) is 32.2 Å². The van der Waals surface area contributed by atoms with E-state index in [1.165, 1.54) is 34.1 Å². The van der Waals surface area contributed by atoms with E-state index in [0.717, 1.165) is 12.8 Å². The Morgan fingerprint density at radius 2 is 1.52 bits per heavy atom. The van der Waals surface area contributed by atoms with Crippen molar-refractivity contribution in [2.75, 3.05) is 0 Å². The second kappa shape index (κ2) is 6.64. The Bertz CT molecular complexity index is 949. The van der Waals surface area contributed by atoms with Crippen molar-refractivity contribution < 1.29 is 4.43 Å². The van der Waals surface area contributed by atoms with Crippen molar-refractivity contribution in [2.24, 2.45) is 0 Å². The summed E-state index contributed by atoms with van der Waals surface area (Å²) >= 11 is 0. The van der Waals surface area contributed by atoms with Crippen LogP contribution < -0.4 is 0 Å². The average molecular weight is 391 g/mol. The summed E-state index contributed by atoms with van der Waals surface area (Å²) in [5, 5.41) is 3.29. The highest BCUT2D eigenvalue weighted by atomic mass is 28.4. The summed E-state index contributed by atoms with van der Waals surface area (Å²) in [6.07, 6.45) is 4.68. The minimum atomic E-state index is -1.78. The molecule has 0 spiro atoms. The lowest BCUT2D eigenvalue weighted by Crippen LogP contribution is -2.37. The molecule has 140 valence electrons. The summed E-state index contributed by atoms with van der Waals surface area (Å²) in [7, 11) is -3.46. The van der Waals surface area contributed by atoms with Crippen LogP contribution in [0, 0.1) is 0 Å². The first-order chi connectivity index (χ1) is 12.8. The minimum Gasteiger partial charge on any atom is -0.544 e.